The van der Waals surface area contributed by atoms with Gasteiger partial charge in [0.15, 0.2) is 0 Å². The molecule has 5 nitrogen and oxygen atoms in total. The van der Waals surface area contributed by atoms with E-state index in [-0.39, 0.29) is 5.75 Å². The lowest BCUT2D eigenvalue weighted by molar-refractivity contribution is 0.0346. The van der Waals surface area contributed by atoms with Crippen molar-refractivity contribution in [2.45, 2.75) is 6.54 Å². The van der Waals surface area contributed by atoms with Crippen molar-refractivity contribution in [1.29, 1.82) is 0 Å². The number of para-hydroxylation sites is 1. The molecule has 0 aliphatic carbocycles. The number of phenolic OH excluding ortho intramolecular Hbond substituents is 1. The number of aromatic amines is 1. The number of morpholine rings is 1. The maximum Gasteiger partial charge on any atom is 0.137 e. The van der Waals surface area contributed by atoms with E-state index in [1.807, 2.05) is 41.9 Å². The third kappa shape index (κ3) is 3.30. The lowest BCUT2D eigenvalue weighted by Gasteiger charge is -2.25. The van der Waals surface area contributed by atoms with Crippen LogP contribution in [0.2, 0.25) is 0 Å². The van der Waals surface area contributed by atoms with Crippen LogP contribution in [0, 0.1) is 0 Å². The molecule has 6 heteroatoms. The van der Waals surface area contributed by atoms with Crippen LogP contribution < -0.4 is 0 Å². The van der Waals surface area contributed by atoms with Gasteiger partial charge in [0.05, 0.1) is 13.2 Å². The lowest BCUT2D eigenvalue weighted by Crippen LogP contribution is -2.35. The van der Waals surface area contributed by atoms with Crippen molar-refractivity contribution in [3.05, 3.63) is 59.7 Å². The number of rotatable bonds is 4. The summed E-state index contributed by atoms with van der Waals surface area (Å²) in [5.74, 6) is 0.276. The number of pyridine rings is 1. The molecule has 3 aromatic heterocycles. The number of ether oxygens (including phenoxy) is 1. The topological polar surface area (TPSA) is 61.4 Å². The minimum absolute atomic E-state index is 0.276. The molecule has 1 aliphatic heterocycles. The van der Waals surface area contributed by atoms with Gasteiger partial charge >= 0.3 is 0 Å². The van der Waals surface area contributed by atoms with Crippen LogP contribution in [0.15, 0.2) is 54.9 Å². The van der Waals surface area contributed by atoms with Gasteiger partial charge in [0.1, 0.15) is 11.4 Å². The molecule has 0 amide bonds. The van der Waals surface area contributed by atoms with Gasteiger partial charge in [-0.2, -0.15) is 0 Å². The first kappa shape index (κ1) is 17.4. The minimum Gasteiger partial charge on any atom is -0.507 e. The lowest BCUT2D eigenvalue weighted by atomic mass is 10.0. The highest BCUT2D eigenvalue weighted by atomic mass is 32.1. The Hall–Kier alpha value is -2.67. The highest BCUT2D eigenvalue weighted by molar-refractivity contribution is 7.15. The summed E-state index contributed by atoms with van der Waals surface area (Å²) in [4.78, 5) is 12.8. The number of phenols is 1. The number of nitrogens with zero attached hydrogens (tertiary/aromatic N) is 2. The van der Waals surface area contributed by atoms with E-state index in [0.29, 0.717) is 0 Å². The van der Waals surface area contributed by atoms with Gasteiger partial charge in [0, 0.05) is 63.9 Å². The van der Waals surface area contributed by atoms with Crippen molar-refractivity contribution < 1.29 is 9.84 Å². The predicted octanol–water partition coefficient (Wildman–Crippen LogP) is 4.50. The zero-order valence-corrected chi connectivity index (χ0v) is 16.2. The van der Waals surface area contributed by atoms with Gasteiger partial charge < -0.3 is 14.8 Å². The van der Waals surface area contributed by atoms with Crippen LogP contribution >= 0.6 is 11.3 Å². The van der Waals surface area contributed by atoms with Gasteiger partial charge in [-0.15, -0.1) is 11.3 Å². The quantitative estimate of drug-likeness (QED) is 0.538. The van der Waals surface area contributed by atoms with Crippen molar-refractivity contribution in [2.75, 3.05) is 26.3 Å². The van der Waals surface area contributed by atoms with E-state index in [1.54, 1.807) is 6.07 Å². The molecule has 5 rings (SSSR count). The number of hydrogen-bond acceptors (Lipinski definition) is 5. The fourth-order valence-corrected chi connectivity index (χ4v) is 4.69. The van der Waals surface area contributed by atoms with Gasteiger partial charge in [-0.25, -0.2) is 4.98 Å². The molecule has 1 saturated heterocycles. The van der Waals surface area contributed by atoms with Crippen molar-refractivity contribution in [1.82, 2.24) is 14.9 Å². The molecule has 0 spiro atoms. The molecule has 0 saturated carbocycles. The van der Waals surface area contributed by atoms with E-state index in [2.05, 4.69) is 33.1 Å². The van der Waals surface area contributed by atoms with Crippen LogP contribution in [0.3, 0.4) is 0 Å². The first-order valence-corrected chi connectivity index (χ1v) is 10.2. The Morgan fingerprint density at radius 3 is 2.82 bits per heavy atom. The summed E-state index contributed by atoms with van der Waals surface area (Å²) < 4.78 is 5.43. The fraction of sp³-hybridized carbons (Fsp3) is 0.227. The molecule has 0 atom stereocenters. The van der Waals surface area contributed by atoms with Crippen LogP contribution in [-0.2, 0) is 11.3 Å². The summed E-state index contributed by atoms with van der Waals surface area (Å²) in [5, 5.41) is 11.3. The van der Waals surface area contributed by atoms with Gasteiger partial charge in [0.25, 0.3) is 0 Å². The summed E-state index contributed by atoms with van der Waals surface area (Å²) in [6.07, 6.45) is 3.83. The number of aromatic hydroxyl groups is 1. The molecule has 0 unspecified atom stereocenters. The second-order valence-electron chi connectivity index (χ2n) is 6.99. The maximum absolute atomic E-state index is 10.2. The molecule has 0 bridgehead atoms. The summed E-state index contributed by atoms with van der Waals surface area (Å²) in [7, 11) is 0. The maximum atomic E-state index is 10.2. The zero-order valence-electron chi connectivity index (χ0n) is 15.4. The minimum atomic E-state index is 0.276. The van der Waals surface area contributed by atoms with E-state index < -0.39 is 0 Å². The van der Waals surface area contributed by atoms with Crippen LogP contribution in [0.1, 0.15) is 4.88 Å². The van der Waals surface area contributed by atoms with Gasteiger partial charge in [0.2, 0.25) is 0 Å². The van der Waals surface area contributed by atoms with Crippen molar-refractivity contribution >= 4 is 22.4 Å². The average molecular weight is 391 g/mol. The summed E-state index contributed by atoms with van der Waals surface area (Å²) >= 11 is 1.81. The summed E-state index contributed by atoms with van der Waals surface area (Å²) in [6, 6.07) is 13.9. The number of aromatic nitrogens is 2. The largest absolute Gasteiger partial charge is 0.507 e. The Balaban J connectivity index is 1.47. The Labute approximate surface area is 167 Å². The van der Waals surface area contributed by atoms with Gasteiger partial charge in [-0.1, -0.05) is 18.2 Å². The third-order valence-electron chi connectivity index (χ3n) is 5.15. The molecule has 4 heterocycles. The standard InChI is InChI=1S/C22H21N3O2S/c26-20-4-2-1-3-17(20)19-13-24-22-18(19)11-15(12-23-22)21-6-5-16(28-21)14-25-7-9-27-10-8-25/h1-6,11-13,26H,7-10,14H2,(H,23,24). The van der Waals surface area contributed by atoms with Crippen LogP contribution in [0.4, 0.5) is 0 Å². The summed E-state index contributed by atoms with van der Waals surface area (Å²) in [6.45, 7) is 4.60. The number of thiophene rings is 1. The normalized spacial score (nSPS) is 15.3. The first-order valence-electron chi connectivity index (χ1n) is 9.42. The van der Waals surface area contributed by atoms with Crippen molar-refractivity contribution in [2.24, 2.45) is 0 Å². The monoisotopic (exact) mass is 391 g/mol. The average Bonchev–Trinajstić information content (AvgIpc) is 3.36. The van der Waals surface area contributed by atoms with Crippen molar-refractivity contribution in [3.63, 3.8) is 0 Å². The highest BCUT2D eigenvalue weighted by Crippen LogP contribution is 2.36. The molecule has 2 N–H and O–H groups in total. The predicted molar refractivity (Wildman–Crippen MR) is 113 cm³/mol. The molecule has 1 aliphatic rings. The number of benzene rings is 1. The second kappa shape index (κ2) is 7.39. The van der Waals surface area contributed by atoms with Gasteiger partial charge in [-0.3, -0.25) is 4.90 Å². The Morgan fingerprint density at radius 2 is 1.96 bits per heavy atom. The third-order valence-corrected chi connectivity index (χ3v) is 6.27. The van der Waals surface area contributed by atoms with E-state index in [9.17, 15) is 5.11 Å². The van der Waals surface area contributed by atoms with E-state index >= 15 is 0 Å². The smallest absolute Gasteiger partial charge is 0.137 e. The van der Waals surface area contributed by atoms with Crippen LogP contribution in [0.5, 0.6) is 5.75 Å². The second-order valence-corrected chi connectivity index (χ2v) is 8.16. The Kier molecular flexibility index (Phi) is 4.60. The molecule has 0 radical (unpaired) electrons. The number of hydrogen-bond donors (Lipinski definition) is 2. The first-order chi connectivity index (χ1) is 13.8. The number of fused-ring (bicyclic) bond motifs is 1. The van der Waals surface area contributed by atoms with Crippen molar-refractivity contribution in [3.8, 4) is 27.3 Å². The zero-order chi connectivity index (χ0) is 18.9. The van der Waals surface area contributed by atoms with E-state index in [1.165, 1.54) is 9.75 Å². The highest BCUT2D eigenvalue weighted by Gasteiger charge is 2.14. The fourth-order valence-electron chi connectivity index (χ4n) is 3.66. The number of nitrogens with one attached hydrogen (secondary N) is 1. The molecular weight excluding hydrogens is 370 g/mol. The van der Waals surface area contributed by atoms with E-state index in [0.717, 1.165) is 60.6 Å². The molecule has 4 aromatic rings. The SMILES string of the molecule is Oc1ccccc1-c1c[nH]c2ncc(-c3ccc(CN4CCOCC4)s3)cc12. The number of H-pyrrole nitrogens is 1. The van der Waals surface area contributed by atoms with Crippen LogP contribution in [0.25, 0.3) is 32.6 Å². The molecule has 28 heavy (non-hydrogen) atoms. The molecule has 1 aromatic carbocycles. The molecule has 1 fully saturated rings. The van der Waals surface area contributed by atoms with Crippen LogP contribution in [-0.4, -0.2) is 46.3 Å². The van der Waals surface area contributed by atoms with Gasteiger partial charge in [-0.05, 0) is 24.3 Å². The molecule has 142 valence electrons. The van der Waals surface area contributed by atoms with E-state index in [4.69, 9.17) is 4.74 Å². The Morgan fingerprint density at radius 1 is 1.11 bits per heavy atom. The summed E-state index contributed by atoms with van der Waals surface area (Å²) in [5.41, 5.74) is 3.70. The Bertz CT molecular complexity index is 1110. The molecular formula is C22H21N3O2S.